The second-order valence-electron chi connectivity index (χ2n) is 5.12. The van der Waals surface area contributed by atoms with Crippen molar-refractivity contribution in [2.75, 3.05) is 6.54 Å². The second-order valence-corrected chi connectivity index (χ2v) is 5.12. The molecule has 5 heteroatoms. The molecule has 0 spiro atoms. The Bertz CT molecular complexity index is 488. The molecule has 1 aromatic carbocycles. The lowest BCUT2D eigenvalue weighted by atomic mass is 9.95. The monoisotopic (exact) mass is 275 g/mol. The van der Waals surface area contributed by atoms with Gasteiger partial charge >= 0.3 is 0 Å². The molecule has 2 rings (SSSR count). The molecule has 5 nitrogen and oxygen atoms in total. The summed E-state index contributed by atoms with van der Waals surface area (Å²) >= 11 is 0. The van der Waals surface area contributed by atoms with Gasteiger partial charge < -0.3 is 16.4 Å². The number of unbranched alkanes of at least 4 members (excludes halogenated alkanes) is 1. The lowest BCUT2D eigenvalue weighted by Gasteiger charge is -2.25. The largest absolute Gasteiger partial charge is 0.370 e. The fourth-order valence-electron chi connectivity index (χ4n) is 2.40. The van der Waals surface area contributed by atoms with Crippen LogP contribution >= 0.6 is 0 Å². The number of primary amides is 1. The zero-order valence-corrected chi connectivity index (χ0v) is 11.5. The minimum absolute atomic E-state index is 0.0265. The van der Waals surface area contributed by atoms with Crippen LogP contribution in [0.25, 0.3) is 0 Å². The van der Waals surface area contributed by atoms with Gasteiger partial charge in [0.1, 0.15) is 0 Å². The SMILES string of the molecule is NC(=O)CCCCNC(=O)[C@H]1Cc2ccccc2CN1. The fourth-order valence-corrected chi connectivity index (χ4v) is 2.40. The molecule has 2 amide bonds. The van der Waals surface area contributed by atoms with Crippen LogP contribution in [0.4, 0.5) is 0 Å². The minimum Gasteiger partial charge on any atom is -0.370 e. The number of rotatable bonds is 6. The summed E-state index contributed by atoms with van der Waals surface area (Å²) in [6.07, 6.45) is 2.60. The lowest BCUT2D eigenvalue weighted by molar-refractivity contribution is -0.123. The zero-order chi connectivity index (χ0) is 14.4. The summed E-state index contributed by atoms with van der Waals surface area (Å²) in [4.78, 5) is 22.6. The molecule has 0 radical (unpaired) electrons. The van der Waals surface area contributed by atoms with Gasteiger partial charge in [-0.15, -0.1) is 0 Å². The van der Waals surface area contributed by atoms with E-state index in [1.165, 1.54) is 11.1 Å². The van der Waals surface area contributed by atoms with Crippen molar-refractivity contribution in [2.24, 2.45) is 5.73 Å². The molecule has 4 N–H and O–H groups in total. The summed E-state index contributed by atoms with van der Waals surface area (Å²) in [5.41, 5.74) is 7.56. The van der Waals surface area contributed by atoms with Gasteiger partial charge in [0.05, 0.1) is 6.04 Å². The normalized spacial score (nSPS) is 17.3. The Balaban J connectivity index is 1.73. The number of nitrogens with two attached hydrogens (primary N) is 1. The highest BCUT2D eigenvalue weighted by molar-refractivity contribution is 5.82. The molecule has 0 bridgehead atoms. The highest BCUT2D eigenvalue weighted by atomic mass is 16.2. The van der Waals surface area contributed by atoms with E-state index >= 15 is 0 Å². The number of amides is 2. The molecule has 1 aromatic rings. The summed E-state index contributed by atoms with van der Waals surface area (Å²) in [6, 6.07) is 8.01. The van der Waals surface area contributed by atoms with Gasteiger partial charge in [0.15, 0.2) is 0 Å². The van der Waals surface area contributed by atoms with Crippen LogP contribution in [-0.2, 0) is 22.6 Å². The molecule has 0 saturated carbocycles. The molecule has 0 fully saturated rings. The summed E-state index contributed by atoms with van der Waals surface area (Å²) in [6.45, 7) is 1.32. The zero-order valence-electron chi connectivity index (χ0n) is 11.5. The van der Waals surface area contributed by atoms with E-state index < -0.39 is 0 Å². The Hall–Kier alpha value is -1.88. The number of benzene rings is 1. The third-order valence-corrected chi connectivity index (χ3v) is 3.55. The van der Waals surface area contributed by atoms with Crippen LogP contribution < -0.4 is 16.4 Å². The standard InChI is InChI=1S/C15H21N3O2/c16-14(19)7-3-4-8-17-15(20)13-9-11-5-1-2-6-12(11)10-18-13/h1-2,5-6,13,18H,3-4,7-10H2,(H2,16,19)(H,17,20)/t13-/m1/s1. The Morgan fingerprint density at radius 3 is 2.75 bits per heavy atom. The first kappa shape index (κ1) is 14.5. The molecule has 0 saturated heterocycles. The van der Waals surface area contributed by atoms with Crippen LogP contribution in [0.15, 0.2) is 24.3 Å². The van der Waals surface area contributed by atoms with Crippen LogP contribution in [0.1, 0.15) is 30.4 Å². The maximum absolute atomic E-state index is 12.0. The fraction of sp³-hybridized carbons (Fsp3) is 0.467. The summed E-state index contributed by atoms with van der Waals surface area (Å²) in [5, 5.41) is 6.15. The van der Waals surface area contributed by atoms with Crippen molar-refractivity contribution in [1.82, 2.24) is 10.6 Å². The molecular weight excluding hydrogens is 254 g/mol. The molecule has 1 aliphatic heterocycles. The Morgan fingerprint density at radius 2 is 2.00 bits per heavy atom. The van der Waals surface area contributed by atoms with Crippen LogP contribution in [-0.4, -0.2) is 24.4 Å². The minimum atomic E-state index is -0.290. The molecule has 0 aliphatic carbocycles. The molecule has 1 atom stereocenters. The van der Waals surface area contributed by atoms with Crippen LogP contribution in [0.5, 0.6) is 0 Å². The van der Waals surface area contributed by atoms with Crippen LogP contribution in [0.3, 0.4) is 0 Å². The second kappa shape index (κ2) is 7.05. The van der Waals surface area contributed by atoms with Gasteiger partial charge in [0.2, 0.25) is 11.8 Å². The topological polar surface area (TPSA) is 84.2 Å². The van der Waals surface area contributed by atoms with E-state index in [0.717, 1.165) is 25.8 Å². The lowest BCUT2D eigenvalue weighted by Crippen LogP contribution is -2.47. The van der Waals surface area contributed by atoms with Crippen molar-refractivity contribution in [3.05, 3.63) is 35.4 Å². The molecule has 0 unspecified atom stereocenters. The smallest absolute Gasteiger partial charge is 0.237 e. The maximum atomic E-state index is 12.0. The number of fused-ring (bicyclic) bond motifs is 1. The predicted molar refractivity (Wildman–Crippen MR) is 76.8 cm³/mol. The molecule has 1 heterocycles. The average Bonchev–Trinajstić information content (AvgIpc) is 2.46. The number of nitrogens with one attached hydrogen (secondary N) is 2. The molecule has 20 heavy (non-hydrogen) atoms. The van der Waals surface area contributed by atoms with Crippen LogP contribution in [0, 0.1) is 0 Å². The Labute approximate surface area is 118 Å². The van der Waals surface area contributed by atoms with Gasteiger partial charge in [0.25, 0.3) is 0 Å². The summed E-state index contributed by atoms with van der Waals surface area (Å²) in [5.74, 6) is -0.263. The molecule has 0 aromatic heterocycles. The summed E-state index contributed by atoms with van der Waals surface area (Å²) < 4.78 is 0. The van der Waals surface area contributed by atoms with E-state index in [4.69, 9.17) is 5.73 Å². The first-order valence-electron chi connectivity index (χ1n) is 7.03. The molecular formula is C15H21N3O2. The van der Waals surface area contributed by atoms with Crippen molar-refractivity contribution in [3.8, 4) is 0 Å². The molecule has 1 aliphatic rings. The quantitative estimate of drug-likeness (QED) is 0.660. The van der Waals surface area contributed by atoms with E-state index in [9.17, 15) is 9.59 Å². The van der Waals surface area contributed by atoms with Gasteiger partial charge in [-0.3, -0.25) is 9.59 Å². The van der Waals surface area contributed by atoms with E-state index in [2.05, 4.69) is 22.8 Å². The van der Waals surface area contributed by atoms with Gasteiger partial charge in [-0.1, -0.05) is 24.3 Å². The third kappa shape index (κ3) is 4.06. The highest BCUT2D eigenvalue weighted by Gasteiger charge is 2.23. The first-order chi connectivity index (χ1) is 9.66. The maximum Gasteiger partial charge on any atom is 0.237 e. The number of carbonyl (C=O) groups is 2. The van der Waals surface area contributed by atoms with Crippen molar-refractivity contribution >= 4 is 11.8 Å². The van der Waals surface area contributed by atoms with Gasteiger partial charge in [-0.25, -0.2) is 0 Å². The van der Waals surface area contributed by atoms with E-state index in [0.29, 0.717) is 13.0 Å². The van der Waals surface area contributed by atoms with E-state index in [1.54, 1.807) is 0 Å². The van der Waals surface area contributed by atoms with Crippen LogP contribution in [0.2, 0.25) is 0 Å². The van der Waals surface area contributed by atoms with Crippen molar-refractivity contribution in [2.45, 2.75) is 38.3 Å². The van der Waals surface area contributed by atoms with E-state index in [-0.39, 0.29) is 17.9 Å². The van der Waals surface area contributed by atoms with Crippen molar-refractivity contribution < 1.29 is 9.59 Å². The average molecular weight is 275 g/mol. The Kier molecular flexibility index (Phi) is 5.12. The van der Waals surface area contributed by atoms with Gasteiger partial charge in [0, 0.05) is 19.5 Å². The summed E-state index contributed by atoms with van der Waals surface area (Å²) in [7, 11) is 0. The third-order valence-electron chi connectivity index (χ3n) is 3.55. The van der Waals surface area contributed by atoms with Crippen molar-refractivity contribution in [1.29, 1.82) is 0 Å². The van der Waals surface area contributed by atoms with E-state index in [1.807, 2.05) is 12.1 Å². The Morgan fingerprint density at radius 1 is 1.25 bits per heavy atom. The first-order valence-corrected chi connectivity index (χ1v) is 7.03. The number of carbonyl (C=O) groups excluding carboxylic acids is 2. The number of hydrogen-bond acceptors (Lipinski definition) is 3. The highest BCUT2D eigenvalue weighted by Crippen LogP contribution is 2.16. The van der Waals surface area contributed by atoms with Crippen molar-refractivity contribution in [3.63, 3.8) is 0 Å². The number of hydrogen-bond donors (Lipinski definition) is 3. The molecule has 108 valence electrons. The van der Waals surface area contributed by atoms with Gasteiger partial charge in [-0.2, -0.15) is 0 Å². The predicted octanol–water partition coefficient (Wildman–Crippen LogP) is 0.473. The van der Waals surface area contributed by atoms with Gasteiger partial charge in [-0.05, 0) is 30.4 Å².